The molecule has 0 saturated carbocycles. The van der Waals surface area contributed by atoms with E-state index in [1.54, 1.807) is 6.20 Å². The van der Waals surface area contributed by atoms with Crippen LogP contribution in [0, 0.1) is 0 Å². The smallest absolute Gasteiger partial charge is 0.229 e. The van der Waals surface area contributed by atoms with Crippen LogP contribution in [0.5, 0.6) is 0 Å². The third kappa shape index (κ3) is 5.96. The number of anilines is 4. The van der Waals surface area contributed by atoms with E-state index in [0.29, 0.717) is 12.0 Å². The Hall–Kier alpha value is -2.78. The van der Waals surface area contributed by atoms with E-state index < -0.39 is 0 Å². The fraction of sp³-hybridized carbons (Fsp3) is 0.414. The molecule has 9 nitrogen and oxygen atoms in total. The van der Waals surface area contributed by atoms with Gasteiger partial charge in [0.2, 0.25) is 5.95 Å². The number of nitrogens with zero attached hydrogens (tertiary/aromatic N) is 7. The van der Waals surface area contributed by atoms with Crippen LogP contribution < -0.4 is 20.9 Å². The van der Waals surface area contributed by atoms with Crippen molar-refractivity contribution in [2.75, 3.05) is 75.3 Å². The number of aromatic nitrogens is 4. The van der Waals surface area contributed by atoms with Gasteiger partial charge in [0.1, 0.15) is 5.82 Å². The maximum atomic E-state index is 4.80. The number of fused-ring (bicyclic) bond motifs is 1. The highest BCUT2D eigenvalue weighted by atomic mass is 79.9. The van der Waals surface area contributed by atoms with Crippen molar-refractivity contribution in [1.29, 1.82) is 0 Å². The lowest BCUT2D eigenvalue weighted by Crippen LogP contribution is -2.56. The third-order valence-electron chi connectivity index (χ3n) is 7.89. The summed E-state index contributed by atoms with van der Waals surface area (Å²) >= 11 is 3.62. The van der Waals surface area contributed by atoms with Gasteiger partial charge in [-0.25, -0.2) is 4.98 Å². The summed E-state index contributed by atoms with van der Waals surface area (Å²) in [7, 11) is 1.96. The standard InChI is InChI=1S/C29H37BrN9P/c1-36-13-15-37(16-14-36)23-7-6-12-38(20-23)39-26-17-22(11-10-21(26)18-32-39)33-29-31-19-24(30)28(35-29)34-25-8-4-5-9-27(25)40(2)3/h4-5,8-11,17-19,23H,6-7,12-16,20H2,1-3H3,(H2,31,33,34,35). The number of piperidine rings is 1. The predicted octanol–water partition coefficient (Wildman–Crippen LogP) is 4.79. The molecule has 6 rings (SSSR count). The number of piperazine rings is 1. The summed E-state index contributed by atoms with van der Waals surface area (Å²) in [6.45, 7) is 11.1. The van der Waals surface area contributed by atoms with Gasteiger partial charge in [0.25, 0.3) is 0 Å². The van der Waals surface area contributed by atoms with Gasteiger partial charge in [-0.2, -0.15) is 14.9 Å². The van der Waals surface area contributed by atoms with Gasteiger partial charge in [-0.3, -0.25) is 9.91 Å². The van der Waals surface area contributed by atoms with Gasteiger partial charge >= 0.3 is 0 Å². The summed E-state index contributed by atoms with van der Waals surface area (Å²) < 4.78 is 0.818. The van der Waals surface area contributed by atoms with Gasteiger partial charge < -0.3 is 15.5 Å². The summed E-state index contributed by atoms with van der Waals surface area (Å²) in [6.07, 6.45) is 6.19. The van der Waals surface area contributed by atoms with Crippen LogP contribution in [0.1, 0.15) is 12.8 Å². The van der Waals surface area contributed by atoms with Gasteiger partial charge in [-0.05, 0) is 78.7 Å². The molecule has 1 unspecified atom stereocenters. The van der Waals surface area contributed by atoms with Gasteiger partial charge in [-0.15, -0.1) is 0 Å². The predicted molar refractivity (Wildman–Crippen MR) is 171 cm³/mol. The monoisotopic (exact) mass is 621 g/mol. The minimum atomic E-state index is -0.253. The first-order valence-electron chi connectivity index (χ1n) is 13.9. The molecule has 2 aliphatic rings. The van der Waals surface area contributed by atoms with E-state index in [4.69, 9.17) is 10.1 Å². The molecule has 210 valence electrons. The number of halogens is 1. The highest BCUT2D eigenvalue weighted by Crippen LogP contribution is 2.31. The van der Waals surface area contributed by atoms with E-state index in [-0.39, 0.29) is 7.92 Å². The van der Waals surface area contributed by atoms with E-state index in [0.717, 1.165) is 71.8 Å². The number of nitrogens with one attached hydrogen (secondary N) is 2. The molecule has 2 aliphatic heterocycles. The minimum absolute atomic E-state index is 0.253. The van der Waals surface area contributed by atoms with Crippen molar-refractivity contribution in [3.63, 3.8) is 0 Å². The maximum absolute atomic E-state index is 4.80. The van der Waals surface area contributed by atoms with Crippen molar-refractivity contribution in [3.05, 3.63) is 59.3 Å². The second kappa shape index (κ2) is 12.0. The molecule has 1 atom stereocenters. The Morgan fingerprint density at radius 1 is 0.975 bits per heavy atom. The Balaban J connectivity index is 1.20. The number of hydrogen-bond acceptors (Lipinski definition) is 8. The quantitative estimate of drug-likeness (QED) is 0.285. The highest BCUT2D eigenvalue weighted by Gasteiger charge is 2.28. The van der Waals surface area contributed by atoms with Crippen LogP contribution in [0.25, 0.3) is 10.9 Å². The highest BCUT2D eigenvalue weighted by molar-refractivity contribution is 9.10. The molecular formula is C29H37BrN9P. The molecule has 0 radical (unpaired) electrons. The fourth-order valence-corrected chi connectivity index (χ4v) is 6.93. The molecule has 4 heterocycles. The number of benzene rings is 2. The Bertz CT molecular complexity index is 1470. The second-order valence-electron chi connectivity index (χ2n) is 10.9. The Morgan fingerprint density at radius 3 is 2.62 bits per heavy atom. The minimum Gasteiger partial charge on any atom is -0.339 e. The maximum Gasteiger partial charge on any atom is 0.229 e. The van der Waals surface area contributed by atoms with E-state index in [9.17, 15) is 0 Å². The Morgan fingerprint density at radius 2 is 1.80 bits per heavy atom. The first kappa shape index (κ1) is 27.4. The summed E-state index contributed by atoms with van der Waals surface area (Å²) in [5.41, 5.74) is 3.10. The van der Waals surface area contributed by atoms with Crippen LogP contribution in [0.4, 0.5) is 23.1 Å². The molecule has 2 aromatic heterocycles. The van der Waals surface area contributed by atoms with Crippen molar-refractivity contribution in [2.45, 2.75) is 18.9 Å². The van der Waals surface area contributed by atoms with Crippen LogP contribution in [0.15, 0.2) is 59.3 Å². The molecule has 40 heavy (non-hydrogen) atoms. The zero-order chi connectivity index (χ0) is 27.6. The molecule has 2 aromatic carbocycles. The van der Waals surface area contributed by atoms with Gasteiger partial charge in [0.15, 0.2) is 0 Å². The van der Waals surface area contributed by atoms with Crippen molar-refractivity contribution in [2.24, 2.45) is 0 Å². The fourth-order valence-electron chi connectivity index (χ4n) is 5.64. The van der Waals surface area contributed by atoms with Crippen molar-refractivity contribution in [1.82, 2.24) is 29.7 Å². The molecule has 2 saturated heterocycles. The third-order valence-corrected chi connectivity index (χ3v) is 9.82. The topological polar surface area (TPSA) is 77.4 Å². The average Bonchev–Trinajstić information content (AvgIpc) is 3.39. The zero-order valence-electron chi connectivity index (χ0n) is 23.4. The summed E-state index contributed by atoms with van der Waals surface area (Å²) in [5, 5.41) is 16.6. The molecule has 0 bridgehead atoms. The lowest BCUT2D eigenvalue weighted by atomic mass is 10.0. The second-order valence-corrected chi connectivity index (χ2v) is 14.0. The van der Waals surface area contributed by atoms with Crippen molar-refractivity contribution in [3.8, 4) is 0 Å². The average molecular weight is 623 g/mol. The lowest BCUT2D eigenvalue weighted by molar-refractivity contribution is 0.0977. The Kier molecular flexibility index (Phi) is 8.21. The van der Waals surface area contributed by atoms with E-state index in [1.165, 1.54) is 18.1 Å². The largest absolute Gasteiger partial charge is 0.339 e. The number of para-hydroxylation sites is 1. The first-order valence-corrected chi connectivity index (χ1v) is 17.0. The number of rotatable bonds is 7. The zero-order valence-corrected chi connectivity index (χ0v) is 25.9. The van der Waals surface area contributed by atoms with E-state index in [2.05, 4.69) is 108 Å². The number of hydrogen-bond donors (Lipinski definition) is 2. The van der Waals surface area contributed by atoms with Crippen molar-refractivity contribution >= 4 is 63.2 Å². The summed E-state index contributed by atoms with van der Waals surface area (Å²) in [4.78, 5) is 16.5. The van der Waals surface area contributed by atoms with Gasteiger partial charge in [0, 0.05) is 61.7 Å². The van der Waals surface area contributed by atoms with Gasteiger partial charge in [0.05, 0.1) is 22.7 Å². The van der Waals surface area contributed by atoms with Crippen LogP contribution in [0.3, 0.4) is 0 Å². The molecule has 11 heteroatoms. The molecule has 4 aromatic rings. The van der Waals surface area contributed by atoms with Crippen LogP contribution in [-0.4, -0.2) is 95.3 Å². The first-order chi connectivity index (χ1) is 19.4. The van der Waals surface area contributed by atoms with E-state index >= 15 is 0 Å². The molecule has 2 N–H and O–H groups in total. The lowest BCUT2D eigenvalue weighted by Gasteiger charge is -2.43. The number of likely N-dealkylation sites (N-methyl/N-ethyl adjacent to an activating group) is 1. The van der Waals surface area contributed by atoms with Crippen LogP contribution in [0.2, 0.25) is 0 Å². The van der Waals surface area contributed by atoms with Gasteiger partial charge in [-0.1, -0.05) is 26.1 Å². The molecular weight excluding hydrogens is 585 g/mol. The summed E-state index contributed by atoms with van der Waals surface area (Å²) in [5.74, 6) is 1.27. The van der Waals surface area contributed by atoms with Crippen LogP contribution >= 0.6 is 23.9 Å². The Labute approximate surface area is 245 Å². The molecule has 0 aliphatic carbocycles. The molecule has 0 spiro atoms. The molecule has 2 fully saturated rings. The van der Waals surface area contributed by atoms with E-state index in [1.807, 2.05) is 12.3 Å². The van der Waals surface area contributed by atoms with Crippen molar-refractivity contribution < 1.29 is 0 Å². The normalized spacial score (nSPS) is 18.9. The van der Waals surface area contributed by atoms with Crippen LogP contribution in [-0.2, 0) is 0 Å². The summed E-state index contributed by atoms with van der Waals surface area (Å²) in [6, 6.07) is 15.3. The SMILES string of the molecule is CN1CCN(C2CCCN(n3ncc4ccc(Nc5ncc(Br)c(Nc6ccccc6P(C)C)n5)cc43)C2)CC1. The molecule has 0 amide bonds.